The van der Waals surface area contributed by atoms with Gasteiger partial charge in [-0.05, 0) is 61.7 Å². The van der Waals surface area contributed by atoms with E-state index < -0.39 is 0 Å². The number of nitrogens with one attached hydrogen (secondary N) is 1. The molecule has 5 rings (SSSR count). The second kappa shape index (κ2) is 6.67. The Kier molecular flexibility index (Phi) is 4.12. The Hall–Kier alpha value is -2.80. The van der Waals surface area contributed by atoms with E-state index in [1.807, 2.05) is 31.4 Å². The number of nitrogens with zero attached hydrogens (tertiary/aromatic N) is 5. The molecule has 1 saturated carbocycles. The van der Waals surface area contributed by atoms with Crippen molar-refractivity contribution >= 4 is 22.5 Å². The second-order valence-corrected chi connectivity index (χ2v) is 8.23. The summed E-state index contributed by atoms with van der Waals surface area (Å²) in [6.45, 7) is 2.50. The van der Waals surface area contributed by atoms with Gasteiger partial charge in [-0.15, -0.1) is 5.10 Å². The quantitative estimate of drug-likeness (QED) is 0.758. The Labute approximate surface area is 163 Å². The van der Waals surface area contributed by atoms with Crippen molar-refractivity contribution < 1.29 is 4.79 Å². The average molecular weight is 376 g/mol. The molecule has 144 valence electrons. The molecule has 2 aromatic heterocycles. The van der Waals surface area contributed by atoms with Crippen LogP contribution in [0.3, 0.4) is 0 Å². The second-order valence-electron chi connectivity index (χ2n) is 8.23. The number of amides is 1. The normalized spacial score (nSPS) is 18.5. The van der Waals surface area contributed by atoms with E-state index in [4.69, 9.17) is 0 Å². The molecule has 7 nitrogen and oxygen atoms in total. The predicted octanol–water partition coefficient (Wildman–Crippen LogP) is 2.84. The molecule has 1 aliphatic heterocycles. The Bertz CT molecular complexity index is 1030. The van der Waals surface area contributed by atoms with Gasteiger partial charge in [0, 0.05) is 24.2 Å². The number of hydrogen-bond acceptors (Lipinski definition) is 5. The maximum Gasteiger partial charge on any atom is 0.239 e. The van der Waals surface area contributed by atoms with Crippen molar-refractivity contribution in [2.24, 2.45) is 12.5 Å². The van der Waals surface area contributed by atoms with Crippen molar-refractivity contribution in [3.05, 3.63) is 36.7 Å². The van der Waals surface area contributed by atoms with Crippen molar-refractivity contribution in [3.8, 4) is 11.3 Å². The van der Waals surface area contributed by atoms with Crippen LogP contribution in [0.2, 0.25) is 0 Å². The van der Waals surface area contributed by atoms with E-state index in [1.54, 1.807) is 10.9 Å². The number of aromatic nitrogens is 4. The number of benzene rings is 1. The largest absolute Gasteiger partial charge is 0.310 e. The summed E-state index contributed by atoms with van der Waals surface area (Å²) in [7, 11) is 1.85. The van der Waals surface area contributed by atoms with Crippen LogP contribution in [0.5, 0.6) is 0 Å². The zero-order valence-electron chi connectivity index (χ0n) is 16.1. The van der Waals surface area contributed by atoms with Gasteiger partial charge in [0.1, 0.15) is 11.5 Å². The van der Waals surface area contributed by atoms with Crippen molar-refractivity contribution in [3.63, 3.8) is 0 Å². The molecule has 7 heteroatoms. The van der Waals surface area contributed by atoms with Gasteiger partial charge in [0.25, 0.3) is 0 Å². The van der Waals surface area contributed by atoms with Gasteiger partial charge in [-0.25, -0.2) is 4.98 Å². The van der Waals surface area contributed by atoms with Gasteiger partial charge in [0.05, 0.1) is 12.7 Å². The molecule has 28 heavy (non-hydrogen) atoms. The summed E-state index contributed by atoms with van der Waals surface area (Å²) in [4.78, 5) is 19.1. The van der Waals surface area contributed by atoms with Gasteiger partial charge in [-0.3, -0.25) is 14.4 Å². The number of pyridine rings is 1. The summed E-state index contributed by atoms with van der Waals surface area (Å²) in [5, 5.41) is 13.2. The molecule has 1 aromatic carbocycles. The lowest BCUT2D eigenvalue weighted by Crippen LogP contribution is -2.39. The van der Waals surface area contributed by atoms with E-state index in [-0.39, 0.29) is 5.91 Å². The number of aryl methyl sites for hydroxylation is 1. The molecule has 1 amide bonds. The lowest BCUT2D eigenvalue weighted by molar-refractivity contribution is -0.117. The first-order valence-electron chi connectivity index (χ1n) is 9.87. The number of carbonyl (C=O) groups excluding carboxylic acids is 1. The first-order chi connectivity index (χ1) is 13.6. The number of hydrogen-bond donors (Lipinski definition) is 1. The van der Waals surface area contributed by atoms with E-state index in [9.17, 15) is 4.79 Å². The van der Waals surface area contributed by atoms with Gasteiger partial charge >= 0.3 is 0 Å². The number of carbonyl (C=O) groups is 1. The third-order valence-corrected chi connectivity index (χ3v) is 6.13. The molecule has 3 heterocycles. The number of anilines is 1. The Balaban J connectivity index is 1.28. The fourth-order valence-electron chi connectivity index (χ4n) is 4.10. The summed E-state index contributed by atoms with van der Waals surface area (Å²) in [6, 6.07) is 7.99. The SMILES string of the molecule is Cn1cc(-c2ccc3cnc(NC(=O)CN4CCC5(CC4)CC5)cc3c2)nn1. The van der Waals surface area contributed by atoms with Crippen molar-refractivity contribution in [2.75, 3.05) is 25.0 Å². The van der Waals surface area contributed by atoms with Crippen LogP contribution in [0.15, 0.2) is 36.7 Å². The lowest BCUT2D eigenvalue weighted by Gasteiger charge is -2.31. The van der Waals surface area contributed by atoms with Crippen molar-refractivity contribution in [1.82, 2.24) is 24.9 Å². The highest BCUT2D eigenvalue weighted by Crippen LogP contribution is 2.53. The van der Waals surface area contributed by atoms with Crippen molar-refractivity contribution in [2.45, 2.75) is 25.7 Å². The molecule has 1 spiro atoms. The highest BCUT2D eigenvalue weighted by Gasteiger charge is 2.44. The van der Waals surface area contributed by atoms with Gasteiger partial charge in [0.2, 0.25) is 5.91 Å². The molecule has 0 unspecified atom stereocenters. The highest BCUT2D eigenvalue weighted by atomic mass is 16.2. The summed E-state index contributed by atoms with van der Waals surface area (Å²) >= 11 is 0. The fourth-order valence-corrected chi connectivity index (χ4v) is 4.10. The number of piperidine rings is 1. The smallest absolute Gasteiger partial charge is 0.239 e. The highest BCUT2D eigenvalue weighted by molar-refractivity contribution is 5.94. The van der Waals surface area contributed by atoms with Crippen LogP contribution in [0, 0.1) is 5.41 Å². The van der Waals surface area contributed by atoms with Crippen LogP contribution >= 0.6 is 0 Å². The van der Waals surface area contributed by atoms with Gasteiger partial charge in [-0.1, -0.05) is 17.3 Å². The van der Waals surface area contributed by atoms with E-state index in [1.165, 1.54) is 25.7 Å². The summed E-state index contributed by atoms with van der Waals surface area (Å²) in [5.74, 6) is 0.591. The third kappa shape index (κ3) is 3.49. The van der Waals surface area contributed by atoms with Gasteiger partial charge < -0.3 is 5.32 Å². The van der Waals surface area contributed by atoms with Crippen LogP contribution in [0.4, 0.5) is 5.82 Å². The molecular formula is C21H24N6O. The molecule has 3 aromatic rings. The number of rotatable bonds is 4. The topological polar surface area (TPSA) is 75.9 Å². The van der Waals surface area contributed by atoms with Crippen LogP contribution in [0.25, 0.3) is 22.0 Å². The minimum Gasteiger partial charge on any atom is -0.310 e. The molecule has 2 aliphatic rings. The van der Waals surface area contributed by atoms with E-state index in [0.717, 1.165) is 35.1 Å². The van der Waals surface area contributed by atoms with Crippen LogP contribution in [-0.2, 0) is 11.8 Å². The summed E-state index contributed by atoms with van der Waals surface area (Å²) in [6.07, 6.45) is 8.91. The molecule has 1 aliphatic carbocycles. The molecule has 1 N–H and O–H groups in total. The molecule has 0 bridgehead atoms. The minimum atomic E-state index is 0.00341. The van der Waals surface area contributed by atoms with Crippen LogP contribution in [-0.4, -0.2) is 50.4 Å². The fraction of sp³-hybridized carbons (Fsp3) is 0.429. The molecule has 0 atom stereocenters. The minimum absolute atomic E-state index is 0.00341. The Morgan fingerprint density at radius 3 is 2.68 bits per heavy atom. The number of fused-ring (bicyclic) bond motifs is 1. The summed E-state index contributed by atoms with van der Waals surface area (Å²) < 4.78 is 1.68. The van der Waals surface area contributed by atoms with Gasteiger partial charge in [-0.2, -0.15) is 0 Å². The maximum atomic E-state index is 12.5. The van der Waals surface area contributed by atoms with E-state index >= 15 is 0 Å². The summed E-state index contributed by atoms with van der Waals surface area (Å²) in [5.41, 5.74) is 2.45. The molecule has 1 saturated heterocycles. The molecule has 2 fully saturated rings. The Morgan fingerprint density at radius 1 is 1.14 bits per heavy atom. The number of likely N-dealkylation sites (tertiary alicyclic amines) is 1. The van der Waals surface area contributed by atoms with Crippen LogP contribution < -0.4 is 5.32 Å². The Morgan fingerprint density at radius 2 is 1.96 bits per heavy atom. The molecular weight excluding hydrogens is 352 g/mol. The zero-order chi connectivity index (χ0) is 19.1. The lowest BCUT2D eigenvalue weighted by atomic mass is 9.94. The third-order valence-electron chi connectivity index (χ3n) is 6.13. The average Bonchev–Trinajstić information content (AvgIpc) is 3.31. The van der Waals surface area contributed by atoms with Crippen LogP contribution in [0.1, 0.15) is 25.7 Å². The first-order valence-corrected chi connectivity index (χ1v) is 9.87. The maximum absolute atomic E-state index is 12.5. The molecule has 0 radical (unpaired) electrons. The zero-order valence-corrected chi connectivity index (χ0v) is 16.1. The van der Waals surface area contributed by atoms with Crippen molar-refractivity contribution in [1.29, 1.82) is 0 Å². The van der Waals surface area contributed by atoms with E-state index in [2.05, 4.69) is 31.6 Å². The monoisotopic (exact) mass is 376 g/mol. The van der Waals surface area contributed by atoms with Gasteiger partial charge in [0.15, 0.2) is 0 Å². The standard InChI is InChI=1S/C21H24N6O/c1-26-13-18(24-25-26)15-2-3-16-12-22-19(11-17(16)10-15)23-20(28)14-27-8-6-21(4-5-21)7-9-27/h2-3,10-13H,4-9,14H2,1H3,(H,22,23,28). The first kappa shape index (κ1) is 17.3. The predicted molar refractivity (Wildman–Crippen MR) is 108 cm³/mol. The van der Waals surface area contributed by atoms with E-state index in [0.29, 0.717) is 17.8 Å².